The molecule has 1 amide bonds. The van der Waals surface area contributed by atoms with Gasteiger partial charge in [0.25, 0.3) is 0 Å². The number of unbranched alkanes of at least 4 members (excludes halogenated alkanes) is 1. The number of rotatable bonds is 14. The van der Waals surface area contributed by atoms with Crippen molar-refractivity contribution < 1.29 is 28.6 Å². The van der Waals surface area contributed by atoms with Crippen molar-refractivity contribution in [2.24, 2.45) is 0 Å². The zero-order valence-corrected chi connectivity index (χ0v) is 24.5. The first-order chi connectivity index (χ1) is 18.8. The number of aromatic nitrogens is 3. The number of benzene rings is 1. The molecule has 0 aliphatic carbocycles. The van der Waals surface area contributed by atoms with E-state index in [0.717, 1.165) is 35.5 Å². The molecule has 0 fully saturated rings. The van der Waals surface area contributed by atoms with Gasteiger partial charge in [-0.1, -0.05) is 25.1 Å². The van der Waals surface area contributed by atoms with Crippen molar-refractivity contribution in [1.29, 1.82) is 0 Å². The minimum Gasteiger partial charge on any atom is -0.494 e. The fourth-order valence-corrected chi connectivity index (χ4v) is 5.57. The lowest BCUT2D eigenvalue weighted by atomic mass is 10.1. The zero-order valence-electron chi connectivity index (χ0n) is 22.9. The first-order valence-corrected chi connectivity index (χ1v) is 14.7. The Labute approximate surface area is 236 Å². The van der Waals surface area contributed by atoms with Gasteiger partial charge in [0.15, 0.2) is 11.0 Å². The minimum absolute atomic E-state index is 0.0241. The molecule has 0 saturated heterocycles. The number of carbonyl (C=O) groups is 3. The number of nitrogens with zero attached hydrogens (tertiary/aromatic N) is 3. The molecule has 1 N–H and O–H groups in total. The molecule has 0 aliphatic heterocycles. The molecule has 0 atom stereocenters. The van der Waals surface area contributed by atoms with Gasteiger partial charge in [0.2, 0.25) is 5.91 Å². The maximum Gasteiger partial charge on any atom is 0.348 e. The highest BCUT2D eigenvalue weighted by Crippen LogP contribution is 2.35. The average Bonchev–Trinajstić information content (AvgIpc) is 3.48. The van der Waals surface area contributed by atoms with E-state index in [0.29, 0.717) is 29.7 Å². The molecule has 0 spiro atoms. The monoisotopic (exact) mass is 574 g/mol. The van der Waals surface area contributed by atoms with Crippen molar-refractivity contribution in [2.45, 2.75) is 59.2 Å². The van der Waals surface area contributed by atoms with Crippen molar-refractivity contribution >= 4 is 45.9 Å². The molecule has 2 heterocycles. The summed E-state index contributed by atoms with van der Waals surface area (Å²) in [6.07, 6.45) is 2.08. The van der Waals surface area contributed by atoms with E-state index in [1.165, 1.54) is 11.8 Å². The van der Waals surface area contributed by atoms with E-state index in [2.05, 4.69) is 22.4 Å². The molecule has 210 valence electrons. The Morgan fingerprint density at radius 3 is 2.33 bits per heavy atom. The number of anilines is 1. The Bertz CT molecular complexity index is 1290. The number of amides is 1. The molecule has 0 unspecified atom stereocenters. The molecular formula is C27H34N4O6S2. The van der Waals surface area contributed by atoms with E-state index in [4.69, 9.17) is 14.2 Å². The lowest BCUT2D eigenvalue weighted by Crippen LogP contribution is -2.17. The number of ether oxygens (including phenoxy) is 3. The van der Waals surface area contributed by atoms with Crippen LogP contribution in [0, 0.1) is 6.92 Å². The molecule has 0 radical (unpaired) electrons. The number of carbonyl (C=O) groups excluding carboxylic acids is 3. The number of thiophene rings is 1. The highest BCUT2D eigenvalue weighted by Gasteiger charge is 2.27. The Morgan fingerprint density at radius 1 is 1.00 bits per heavy atom. The van der Waals surface area contributed by atoms with Crippen LogP contribution < -0.4 is 10.1 Å². The summed E-state index contributed by atoms with van der Waals surface area (Å²) in [7, 11) is 0. The van der Waals surface area contributed by atoms with Crippen molar-refractivity contribution in [3.63, 3.8) is 0 Å². The summed E-state index contributed by atoms with van der Waals surface area (Å²) in [5.74, 6) is 0.00157. The van der Waals surface area contributed by atoms with Crippen LogP contribution in [0.1, 0.15) is 66.1 Å². The van der Waals surface area contributed by atoms with Gasteiger partial charge in [0, 0.05) is 12.1 Å². The van der Waals surface area contributed by atoms with Crippen LogP contribution in [0.3, 0.4) is 0 Å². The summed E-state index contributed by atoms with van der Waals surface area (Å²) in [6, 6.07) is 7.70. The molecular weight excluding hydrogens is 540 g/mol. The average molecular weight is 575 g/mol. The topological polar surface area (TPSA) is 122 Å². The maximum absolute atomic E-state index is 12.9. The van der Waals surface area contributed by atoms with Crippen LogP contribution in [-0.4, -0.2) is 58.2 Å². The van der Waals surface area contributed by atoms with E-state index < -0.39 is 11.9 Å². The lowest BCUT2D eigenvalue weighted by molar-refractivity contribution is -0.113. The normalized spacial score (nSPS) is 10.8. The Kier molecular flexibility index (Phi) is 11.4. The number of hydrogen-bond acceptors (Lipinski definition) is 10. The molecule has 3 aromatic rings. The molecule has 2 aromatic heterocycles. The first-order valence-electron chi connectivity index (χ1n) is 12.9. The Morgan fingerprint density at radius 2 is 1.69 bits per heavy atom. The number of thioether (sulfide) groups is 1. The predicted molar refractivity (Wildman–Crippen MR) is 152 cm³/mol. The van der Waals surface area contributed by atoms with Crippen LogP contribution >= 0.6 is 23.1 Å². The Balaban J connectivity index is 1.72. The molecule has 12 heteroatoms. The third-order valence-corrected chi connectivity index (χ3v) is 7.74. The molecule has 0 saturated carbocycles. The largest absolute Gasteiger partial charge is 0.494 e. The van der Waals surface area contributed by atoms with Crippen LogP contribution in [0.4, 0.5) is 5.00 Å². The summed E-state index contributed by atoms with van der Waals surface area (Å²) < 4.78 is 17.9. The zero-order chi connectivity index (χ0) is 28.4. The quantitative estimate of drug-likeness (QED) is 0.149. The molecule has 39 heavy (non-hydrogen) atoms. The second-order valence-electron chi connectivity index (χ2n) is 8.31. The van der Waals surface area contributed by atoms with Crippen LogP contribution in [0.25, 0.3) is 11.4 Å². The van der Waals surface area contributed by atoms with Crippen LogP contribution in [0.2, 0.25) is 0 Å². The smallest absolute Gasteiger partial charge is 0.348 e. The van der Waals surface area contributed by atoms with E-state index in [-0.39, 0.29) is 40.3 Å². The predicted octanol–water partition coefficient (Wildman–Crippen LogP) is 5.60. The molecule has 1 aromatic carbocycles. The van der Waals surface area contributed by atoms with Crippen LogP contribution in [-0.2, 0) is 20.8 Å². The SMILES string of the molecule is CCCCOc1ccc(-c2nnc(SCC(=O)Nc3sc(C(=O)OCC)c(C)c3C(=O)OCC)n2CC)cc1. The van der Waals surface area contributed by atoms with Crippen molar-refractivity contribution in [3.8, 4) is 17.1 Å². The molecule has 10 nitrogen and oxygen atoms in total. The minimum atomic E-state index is -0.609. The van der Waals surface area contributed by atoms with Gasteiger partial charge in [-0.3, -0.25) is 4.79 Å². The van der Waals surface area contributed by atoms with Crippen LogP contribution in [0.5, 0.6) is 5.75 Å². The summed E-state index contributed by atoms with van der Waals surface area (Å²) >= 11 is 2.23. The van der Waals surface area contributed by atoms with E-state index in [1.54, 1.807) is 20.8 Å². The standard InChI is InChI=1S/C27H34N4O6S2/c1-6-10-15-37-19-13-11-18(12-14-19)23-29-30-27(31(23)7-2)38-16-20(32)28-24-21(25(33)35-8-3)17(5)22(39-24)26(34)36-9-4/h11-14H,6-10,15-16H2,1-5H3,(H,28,32). The van der Waals surface area contributed by atoms with Gasteiger partial charge in [-0.15, -0.1) is 21.5 Å². The van der Waals surface area contributed by atoms with Crippen molar-refractivity contribution in [2.75, 3.05) is 30.9 Å². The van der Waals surface area contributed by atoms with E-state index >= 15 is 0 Å². The fraction of sp³-hybridized carbons (Fsp3) is 0.444. The second-order valence-corrected chi connectivity index (χ2v) is 10.3. The highest BCUT2D eigenvalue weighted by molar-refractivity contribution is 7.99. The number of esters is 2. The van der Waals surface area contributed by atoms with Crippen LogP contribution in [0.15, 0.2) is 29.4 Å². The van der Waals surface area contributed by atoms with Gasteiger partial charge in [0.05, 0.1) is 31.1 Å². The van der Waals surface area contributed by atoms with Gasteiger partial charge in [-0.25, -0.2) is 9.59 Å². The molecule has 3 rings (SSSR count). The first kappa shape index (κ1) is 30.2. The third-order valence-electron chi connectivity index (χ3n) is 5.58. The maximum atomic E-state index is 12.9. The summed E-state index contributed by atoms with van der Waals surface area (Å²) in [6.45, 7) is 10.8. The summed E-state index contributed by atoms with van der Waals surface area (Å²) in [5.41, 5.74) is 1.46. The van der Waals surface area contributed by atoms with Gasteiger partial charge < -0.3 is 24.1 Å². The molecule has 0 bridgehead atoms. The lowest BCUT2D eigenvalue weighted by Gasteiger charge is -2.09. The fourth-order valence-electron chi connectivity index (χ4n) is 3.66. The number of hydrogen-bond donors (Lipinski definition) is 1. The Hall–Kier alpha value is -3.38. The summed E-state index contributed by atoms with van der Waals surface area (Å²) in [5, 5.41) is 12.2. The number of nitrogens with one attached hydrogen (secondary N) is 1. The third kappa shape index (κ3) is 7.60. The second kappa shape index (κ2) is 14.7. The van der Waals surface area contributed by atoms with E-state index in [1.807, 2.05) is 35.8 Å². The van der Waals surface area contributed by atoms with Gasteiger partial charge in [0.1, 0.15) is 15.6 Å². The van der Waals surface area contributed by atoms with Crippen molar-refractivity contribution in [3.05, 3.63) is 40.3 Å². The van der Waals surface area contributed by atoms with E-state index in [9.17, 15) is 14.4 Å². The highest BCUT2D eigenvalue weighted by atomic mass is 32.2. The van der Waals surface area contributed by atoms with Gasteiger partial charge in [-0.2, -0.15) is 0 Å². The van der Waals surface area contributed by atoms with Gasteiger partial charge in [-0.05, 0) is 63.9 Å². The summed E-state index contributed by atoms with van der Waals surface area (Å²) in [4.78, 5) is 38.1. The molecule has 0 aliphatic rings. The van der Waals surface area contributed by atoms with Crippen molar-refractivity contribution in [1.82, 2.24) is 14.8 Å². The van der Waals surface area contributed by atoms with Gasteiger partial charge >= 0.3 is 11.9 Å².